The summed E-state index contributed by atoms with van der Waals surface area (Å²) in [6.07, 6.45) is 6.64. The van der Waals surface area contributed by atoms with Crippen LogP contribution in [0.3, 0.4) is 0 Å². The molecule has 0 spiro atoms. The minimum atomic E-state index is 0.238. The molecule has 0 N–H and O–H groups in total. The number of anilines is 1. The number of benzene rings is 2. The number of hydrogen-bond donors (Lipinski definition) is 0. The maximum atomic E-state index is 2.36. The third-order valence-electron chi connectivity index (χ3n) is 4.97. The van der Waals surface area contributed by atoms with E-state index in [0.717, 1.165) is 16.5 Å². The molecule has 0 aromatic heterocycles. The van der Waals surface area contributed by atoms with Crippen LogP contribution in [0.4, 0.5) is 5.69 Å². The van der Waals surface area contributed by atoms with E-state index in [-0.39, 0.29) is 5.41 Å². The molecule has 0 atom stereocenters. The van der Waals surface area contributed by atoms with Crippen molar-refractivity contribution in [1.82, 2.24) is 0 Å². The first-order valence-corrected chi connectivity index (χ1v) is 8.95. The van der Waals surface area contributed by atoms with Gasteiger partial charge in [-0.15, -0.1) is 0 Å². The summed E-state index contributed by atoms with van der Waals surface area (Å²) in [6, 6.07) is 20.4. The quantitative estimate of drug-likeness (QED) is 0.775. The van der Waals surface area contributed by atoms with Crippen molar-refractivity contribution in [2.24, 2.45) is 0 Å². The van der Waals surface area contributed by atoms with Gasteiger partial charge in [-0.2, -0.15) is 0 Å². The summed E-state index contributed by atoms with van der Waals surface area (Å²) in [5.41, 5.74) is 4.57. The highest BCUT2D eigenvalue weighted by molar-refractivity contribution is 6.17. The Hall–Kier alpha value is -1.23. The van der Waals surface area contributed by atoms with Gasteiger partial charge in [-0.1, -0.05) is 61.7 Å². The zero-order chi connectivity index (χ0) is 14.7. The molecule has 0 radical (unpaired) electrons. The summed E-state index contributed by atoms with van der Waals surface area (Å²) in [5, 5.41) is 0. The molecule has 0 unspecified atom stereocenters. The molecule has 21 heavy (non-hydrogen) atoms. The second-order valence-corrected chi connectivity index (χ2v) is 7.79. The van der Waals surface area contributed by atoms with E-state index >= 15 is 0 Å². The van der Waals surface area contributed by atoms with Gasteiger partial charge >= 0.3 is 16.5 Å². The molecule has 0 bridgehead atoms. The Kier molecular flexibility index (Phi) is 4.38. The lowest BCUT2D eigenvalue weighted by Crippen LogP contribution is -2.30. The van der Waals surface area contributed by atoms with Gasteiger partial charge in [-0.25, -0.2) is 0 Å². The van der Waals surface area contributed by atoms with Crippen LogP contribution in [-0.4, -0.2) is 23.6 Å². The molecule has 108 valence electrons. The molecule has 1 nitrogen and oxygen atoms in total. The van der Waals surface area contributed by atoms with Crippen molar-refractivity contribution >= 4 is 22.2 Å². The van der Waals surface area contributed by atoms with E-state index in [1.54, 1.807) is 0 Å². The van der Waals surface area contributed by atoms with E-state index < -0.39 is 0 Å². The molecule has 1 aliphatic rings. The van der Waals surface area contributed by atoms with Crippen LogP contribution in [0.15, 0.2) is 54.6 Å². The largest absolute Gasteiger partial charge is 0.471 e. The van der Waals surface area contributed by atoms with Gasteiger partial charge in [0.1, 0.15) is 0 Å². The fourth-order valence-electron chi connectivity index (χ4n) is 3.74. The van der Waals surface area contributed by atoms with E-state index in [1.165, 1.54) is 48.9 Å². The predicted molar refractivity (Wildman–Crippen MR) is 93.7 cm³/mol. The first-order chi connectivity index (χ1) is 10.2. The summed E-state index contributed by atoms with van der Waals surface area (Å²) in [7, 11) is 2.16. The Balaban J connectivity index is 2.03. The highest BCUT2D eigenvalue weighted by Crippen LogP contribution is 2.45. The first-order valence-electron chi connectivity index (χ1n) is 8.06. The second kappa shape index (κ2) is 6.26. The zero-order valence-electron chi connectivity index (χ0n) is 13.2. The van der Waals surface area contributed by atoms with Crippen LogP contribution in [-0.2, 0) is 5.41 Å². The molecule has 0 aliphatic heterocycles. The van der Waals surface area contributed by atoms with Crippen molar-refractivity contribution in [2.45, 2.75) is 37.5 Å². The minimum Gasteiger partial charge on any atom is -0.471 e. The second-order valence-electron chi connectivity index (χ2n) is 6.45. The minimum absolute atomic E-state index is 0.238. The Morgan fingerprint density at radius 1 is 0.810 bits per heavy atom. The van der Waals surface area contributed by atoms with Gasteiger partial charge in [-0.3, -0.25) is 0 Å². The summed E-state index contributed by atoms with van der Waals surface area (Å²) < 4.78 is 2.31. The number of rotatable bonds is 3. The highest BCUT2D eigenvalue weighted by atomic mass is 27.1. The summed E-state index contributed by atoms with van der Waals surface area (Å²) in [4.78, 5) is 0. The molecular formula is C19H24AlN. The van der Waals surface area contributed by atoms with Crippen molar-refractivity contribution in [2.75, 3.05) is 10.9 Å². The Morgan fingerprint density at radius 3 is 1.95 bits per heavy atom. The third-order valence-corrected chi connectivity index (χ3v) is 5.49. The Bertz CT molecular complexity index is 568. The molecule has 2 aromatic carbocycles. The molecule has 1 fully saturated rings. The third kappa shape index (κ3) is 2.89. The van der Waals surface area contributed by atoms with Gasteiger partial charge in [-0.05, 0) is 43.1 Å². The van der Waals surface area contributed by atoms with Gasteiger partial charge in [0.25, 0.3) is 0 Å². The van der Waals surface area contributed by atoms with E-state index in [4.69, 9.17) is 0 Å². The van der Waals surface area contributed by atoms with E-state index in [1.807, 2.05) is 0 Å². The number of hydrogen-bond acceptors (Lipinski definition) is 1. The van der Waals surface area contributed by atoms with E-state index in [0.29, 0.717) is 0 Å². The summed E-state index contributed by atoms with van der Waals surface area (Å²) in [6.45, 7) is 0. The normalized spacial score (nSPS) is 17.4. The maximum Gasteiger partial charge on any atom is 0.363 e. The van der Waals surface area contributed by atoms with Crippen LogP contribution in [0, 0.1) is 0 Å². The fourth-order valence-corrected chi connectivity index (χ4v) is 4.03. The van der Waals surface area contributed by atoms with Crippen molar-refractivity contribution in [3.05, 3.63) is 65.7 Å². The van der Waals surface area contributed by atoms with Crippen LogP contribution in [0.1, 0.15) is 43.2 Å². The Morgan fingerprint density at radius 2 is 1.38 bits per heavy atom. The monoisotopic (exact) mass is 293 g/mol. The number of nitrogens with zero attached hydrogens (tertiary/aromatic N) is 1. The van der Waals surface area contributed by atoms with Crippen molar-refractivity contribution in [3.8, 4) is 0 Å². The lowest BCUT2D eigenvalue weighted by Gasteiger charge is -2.39. The molecule has 3 rings (SSSR count). The standard InChI is InChI=1S/C19H22N.Al.2H/c1-20-18-12-10-17(11-13-18)19(14-6-3-7-15-19)16-8-4-2-5-9-16;;;/h2,4-5,8-13H,3,6-7,14-15H2,1H3;;;/q-1;+1;;. The van der Waals surface area contributed by atoms with Gasteiger partial charge < -0.3 is 3.88 Å². The average Bonchev–Trinajstić information content (AvgIpc) is 2.56. The molecule has 0 amide bonds. The van der Waals surface area contributed by atoms with Crippen molar-refractivity contribution < 1.29 is 0 Å². The topological polar surface area (TPSA) is 3.24 Å². The van der Waals surface area contributed by atoms with Crippen molar-refractivity contribution in [3.63, 3.8) is 0 Å². The molecular weight excluding hydrogens is 269 g/mol. The van der Waals surface area contributed by atoms with Crippen LogP contribution >= 0.6 is 0 Å². The zero-order valence-corrected chi connectivity index (χ0v) is 15.2. The molecule has 0 saturated heterocycles. The summed E-state index contributed by atoms with van der Waals surface area (Å²) in [5.74, 6) is 0. The Labute approximate surface area is 136 Å². The molecule has 0 heterocycles. The lowest BCUT2D eigenvalue weighted by atomic mass is 9.65. The molecule has 2 aromatic rings. The van der Waals surface area contributed by atoms with Gasteiger partial charge in [0.05, 0.1) is 0 Å². The SMILES string of the molecule is C[N]([AlH2])c1ccc(C2(c3ccccc3)CCCCC2)cc1. The van der Waals surface area contributed by atoms with Gasteiger partial charge in [0.15, 0.2) is 0 Å². The highest BCUT2D eigenvalue weighted by Gasteiger charge is 2.35. The average molecular weight is 293 g/mol. The molecule has 2 heteroatoms. The van der Waals surface area contributed by atoms with Gasteiger partial charge in [0.2, 0.25) is 0 Å². The van der Waals surface area contributed by atoms with Crippen LogP contribution in [0.25, 0.3) is 0 Å². The first kappa shape index (κ1) is 14.7. The maximum absolute atomic E-state index is 2.36. The smallest absolute Gasteiger partial charge is 0.363 e. The fraction of sp³-hybridized carbons (Fsp3) is 0.368. The predicted octanol–water partition coefficient (Wildman–Crippen LogP) is 3.92. The van der Waals surface area contributed by atoms with Crippen LogP contribution < -0.4 is 3.88 Å². The van der Waals surface area contributed by atoms with E-state index in [9.17, 15) is 0 Å². The van der Waals surface area contributed by atoms with Crippen molar-refractivity contribution in [1.29, 1.82) is 0 Å². The van der Waals surface area contributed by atoms with Crippen LogP contribution in [0.5, 0.6) is 0 Å². The van der Waals surface area contributed by atoms with Gasteiger partial charge in [0, 0.05) is 11.1 Å². The van der Waals surface area contributed by atoms with Crippen LogP contribution in [0.2, 0.25) is 0 Å². The van der Waals surface area contributed by atoms with E-state index in [2.05, 4.69) is 65.5 Å². The summed E-state index contributed by atoms with van der Waals surface area (Å²) >= 11 is 1.07. The molecule has 1 saturated carbocycles. The lowest BCUT2D eigenvalue weighted by molar-refractivity contribution is 0.346. The molecule has 1 aliphatic carbocycles.